The highest BCUT2D eigenvalue weighted by atomic mass is 32.2. The van der Waals surface area contributed by atoms with Gasteiger partial charge in [0, 0.05) is 31.5 Å². The van der Waals surface area contributed by atoms with Gasteiger partial charge < -0.3 is 4.42 Å². The summed E-state index contributed by atoms with van der Waals surface area (Å²) in [4.78, 5) is 3.99. The molecule has 0 aliphatic rings. The summed E-state index contributed by atoms with van der Waals surface area (Å²) in [6.45, 7) is 0.272. The van der Waals surface area contributed by atoms with E-state index < -0.39 is 10.0 Å². The van der Waals surface area contributed by atoms with Gasteiger partial charge in [-0.3, -0.25) is 4.98 Å². The average molecular weight is 252 g/mol. The number of nitrogens with zero attached hydrogens (tertiary/aromatic N) is 2. The molecule has 2 aromatic rings. The highest BCUT2D eigenvalue weighted by molar-refractivity contribution is 7.89. The minimum atomic E-state index is -3.49. The Labute approximate surface area is 99.8 Å². The van der Waals surface area contributed by atoms with Crippen molar-refractivity contribution >= 4 is 10.0 Å². The molecule has 0 aliphatic heterocycles. The van der Waals surface area contributed by atoms with Gasteiger partial charge in [0.05, 0.1) is 12.5 Å². The van der Waals surface area contributed by atoms with E-state index >= 15 is 0 Å². The molecular formula is C11H12N2O3S. The minimum Gasteiger partial charge on any atom is -0.472 e. The fourth-order valence-electron chi connectivity index (χ4n) is 1.40. The molecule has 0 fully saturated rings. The van der Waals surface area contributed by atoms with Crippen molar-refractivity contribution in [3.8, 4) is 0 Å². The van der Waals surface area contributed by atoms with Crippen molar-refractivity contribution in [2.24, 2.45) is 0 Å². The second kappa shape index (κ2) is 4.68. The van der Waals surface area contributed by atoms with Crippen molar-refractivity contribution < 1.29 is 12.8 Å². The first-order chi connectivity index (χ1) is 8.10. The zero-order valence-corrected chi connectivity index (χ0v) is 10.1. The smallest absolute Gasteiger partial charge is 0.244 e. The number of pyridine rings is 1. The average Bonchev–Trinajstić information content (AvgIpc) is 2.83. The standard InChI is InChI=1S/C11H12N2O3S/c1-13(8-10-4-6-16-9-10)17(14,15)11-3-2-5-12-7-11/h2-7,9H,8H2,1H3. The number of furan rings is 1. The van der Waals surface area contributed by atoms with Crippen LogP contribution >= 0.6 is 0 Å². The summed E-state index contributed by atoms with van der Waals surface area (Å²) in [5.74, 6) is 0. The summed E-state index contributed by atoms with van der Waals surface area (Å²) in [5.41, 5.74) is 0.806. The number of rotatable bonds is 4. The lowest BCUT2D eigenvalue weighted by Gasteiger charge is -2.15. The molecule has 0 atom stereocenters. The summed E-state index contributed by atoms with van der Waals surface area (Å²) < 4.78 is 30.4. The molecule has 6 heteroatoms. The van der Waals surface area contributed by atoms with Crippen molar-refractivity contribution in [3.63, 3.8) is 0 Å². The van der Waals surface area contributed by atoms with E-state index in [0.717, 1.165) is 5.56 Å². The van der Waals surface area contributed by atoms with Crippen molar-refractivity contribution in [3.05, 3.63) is 48.7 Å². The first-order valence-corrected chi connectivity index (χ1v) is 6.42. The quantitative estimate of drug-likeness (QED) is 0.827. The molecule has 2 heterocycles. The zero-order valence-electron chi connectivity index (χ0n) is 9.28. The van der Waals surface area contributed by atoms with E-state index in [1.165, 1.54) is 42.3 Å². The van der Waals surface area contributed by atoms with Gasteiger partial charge in [0.15, 0.2) is 0 Å². The molecule has 5 nitrogen and oxygen atoms in total. The fourth-order valence-corrected chi connectivity index (χ4v) is 2.53. The minimum absolute atomic E-state index is 0.186. The van der Waals surface area contributed by atoms with Crippen LogP contribution in [-0.2, 0) is 16.6 Å². The van der Waals surface area contributed by atoms with Crippen LogP contribution in [0.1, 0.15) is 5.56 Å². The van der Waals surface area contributed by atoms with E-state index in [2.05, 4.69) is 4.98 Å². The molecule has 0 radical (unpaired) electrons. The zero-order chi connectivity index (χ0) is 12.3. The number of aromatic nitrogens is 1. The SMILES string of the molecule is CN(Cc1ccoc1)S(=O)(=O)c1cccnc1. The van der Waals surface area contributed by atoms with Gasteiger partial charge in [-0.1, -0.05) is 0 Å². The third kappa shape index (κ3) is 2.54. The lowest BCUT2D eigenvalue weighted by molar-refractivity contribution is 0.463. The van der Waals surface area contributed by atoms with Crippen molar-refractivity contribution in [1.29, 1.82) is 0 Å². The van der Waals surface area contributed by atoms with E-state index in [1.807, 2.05) is 0 Å². The van der Waals surface area contributed by atoms with E-state index in [9.17, 15) is 8.42 Å². The second-order valence-electron chi connectivity index (χ2n) is 3.58. The molecule has 0 unspecified atom stereocenters. The van der Waals surface area contributed by atoms with Crippen LogP contribution < -0.4 is 0 Å². The van der Waals surface area contributed by atoms with Crippen molar-refractivity contribution in [1.82, 2.24) is 9.29 Å². The molecule has 2 rings (SSSR count). The van der Waals surface area contributed by atoms with Gasteiger partial charge in [0.25, 0.3) is 0 Å². The Morgan fingerprint density at radius 3 is 2.82 bits per heavy atom. The van der Waals surface area contributed by atoms with Crippen LogP contribution in [0.2, 0.25) is 0 Å². The summed E-state index contributed by atoms with van der Waals surface area (Å²) in [6, 6.07) is 4.85. The molecular weight excluding hydrogens is 240 g/mol. The van der Waals surface area contributed by atoms with Gasteiger partial charge in [-0.25, -0.2) is 8.42 Å². The van der Waals surface area contributed by atoms with Crippen LogP contribution in [0.4, 0.5) is 0 Å². The maximum absolute atomic E-state index is 12.1. The molecule has 0 amide bonds. The molecule has 0 aliphatic carbocycles. The van der Waals surface area contributed by atoms with Crippen molar-refractivity contribution in [2.45, 2.75) is 11.4 Å². The summed E-state index contributed by atoms with van der Waals surface area (Å²) in [5, 5.41) is 0. The highest BCUT2D eigenvalue weighted by Gasteiger charge is 2.20. The second-order valence-corrected chi connectivity index (χ2v) is 5.63. The first kappa shape index (κ1) is 11.8. The number of sulfonamides is 1. The molecule has 0 bridgehead atoms. The predicted octanol–water partition coefficient (Wildman–Crippen LogP) is 1.50. The van der Waals surface area contributed by atoms with Gasteiger partial charge in [-0.2, -0.15) is 4.31 Å². The lowest BCUT2D eigenvalue weighted by Crippen LogP contribution is -2.26. The molecule has 0 N–H and O–H groups in total. The molecule has 0 saturated heterocycles. The summed E-state index contributed by atoms with van der Waals surface area (Å²) in [6.07, 6.45) is 5.91. The highest BCUT2D eigenvalue weighted by Crippen LogP contribution is 2.15. The number of hydrogen-bond donors (Lipinski definition) is 0. The third-order valence-corrected chi connectivity index (χ3v) is 4.11. The van der Waals surface area contributed by atoms with Gasteiger partial charge in [-0.15, -0.1) is 0 Å². The fraction of sp³-hybridized carbons (Fsp3) is 0.182. The lowest BCUT2D eigenvalue weighted by atomic mass is 10.3. The largest absolute Gasteiger partial charge is 0.472 e. The van der Waals surface area contributed by atoms with E-state index in [1.54, 1.807) is 12.1 Å². The number of hydrogen-bond acceptors (Lipinski definition) is 4. The van der Waals surface area contributed by atoms with Crippen LogP contribution in [-0.4, -0.2) is 24.8 Å². The molecule has 2 aromatic heterocycles. The van der Waals surface area contributed by atoms with E-state index in [-0.39, 0.29) is 11.4 Å². The van der Waals surface area contributed by atoms with Gasteiger partial charge in [0.1, 0.15) is 4.90 Å². The molecule has 90 valence electrons. The summed E-state index contributed by atoms with van der Waals surface area (Å²) in [7, 11) is -1.96. The molecule has 0 spiro atoms. The van der Waals surface area contributed by atoms with Gasteiger partial charge in [-0.05, 0) is 18.2 Å². The summed E-state index contributed by atoms with van der Waals surface area (Å²) >= 11 is 0. The Morgan fingerprint density at radius 2 is 2.24 bits per heavy atom. The molecule has 17 heavy (non-hydrogen) atoms. The molecule has 0 saturated carbocycles. The Balaban J connectivity index is 2.22. The van der Waals surface area contributed by atoms with Crippen LogP contribution in [0, 0.1) is 0 Å². The Kier molecular flexibility index (Phi) is 3.26. The maximum Gasteiger partial charge on any atom is 0.244 e. The van der Waals surface area contributed by atoms with E-state index in [0.29, 0.717) is 0 Å². The van der Waals surface area contributed by atoms with Gasteiger partial charge in [0.2, 0.25) is 10.0 Å². The van der Waals surface area contributed by atoms with Crippen LogP contribution in [0.5, 0.6) is 0 Å². The van der Waals surface area contributed by atoms with Crippen LogP contribution in [0.15, 0.2) is 52.4 Å². The Morgan fingerprint density at radius 1 is 1.41 bits per heavy atom. The first-order valence-electron chi connectivity index (χ1n) is 4.98. The predicted molar refractivity (Wildman–Crippen MR) is 61.6 cm³/mol. The van der Waals surface area contributed by atoms with Crippen LogP contribution in [0.3, 0.4) is 0 Å². The van der Waals surface area contributed by atoms with Crippen LogP contribution in [0.25, 0.3) is 0 Å². The Hall–Kier alpha value is -1.66. The molecule has 0 aromatic carbocycles. The van der Waals surface area contributed by atoms with Crippen molar-refractivity contribution in [2.75, 3.05) is 7.05 Å². The topological polar surface area (TPSA) is 63.4 Å². The van der Waals surface area contributed by atoms with Gasteiger partial charge >= 0.3 is 0 Å². The van der Waals surface area contributed by atoms with E-state index in [4.69, 9.17) is 4.42 Å². The third-order valence-electron chi connectivity index (χ3n) is 2.33. The maximum atomic E-state index is 12.1. The monoisotopic (exact) mass is 252 g/mol. The normalized spacial score (nSPS) is 11.9. The Bertz CT molecular complexity index is 564.